The molecule has 1 aliphatic heterocycles. The van der Waals surface area contributed by atoms with Gasteiger partial charge in [0.2, 0.25) is 0 Å². The minimum Gasteiger partial charge on any atom is -0.493 e. The van der Waals surface area contributed by atoms with E-state index in [4.69, 9.17) is 14.2 Å². The number of fused-ring (bicyclic) bond motifs is 2. The zero-order valence-corrected chi connectivity index (χ0v) is 18.8. The fourth-order valence-corrected chi connectivity index (χ4v) is 4.39. The quantitative estimate of drug-likeness (QED) is 0.383. The molecule has 6 nitrogen and oxygen atoms in total. The van der Waals surface area contributed by atoms with Gasteiger partial charge in [-0.15, -0.1) is 0 Å². The molecule has 0 radical (unpaired) electrons. The van der Waals surface area contributed by atoms with E-state index in [1.807, 2.05) is 49.6 Å². The number of pyridine rings is 1. The first kappa shape index (κ1) is 20.8. The Morgan fingerprint density at radius 2 is 1.76 bits per heavy atom. The van der Waals surface area contributed by atoms with Gasteiger partial charge in [-0.25, -0.2) is 4.79 Å². The van der Waals surface area contributed by atoms with Crippen molar-refractivity contribution in [3.05, 3.63) is 83.7 Å². The van der Waals surface area contributed by atoms with Gasteiger partial charge in [-0.2, -0.15) is 0 Å². The summed E-state index contributed by atoms with van der Waals surface area (Å²) in [6.07, 6.45) is 3.65. The number of esters is 1. The maximum Gasteiger partial charge on any atom is 0.339 e. The van der Waals surface area contributed by atoms with Crippen molar-refractivity contribution in [2.24, 2.45) is 0 Å². The van der Waals surface area contributed by atoms with E-state index in [1.54, 1.807) is 20.4 Å². The molecule has 0 atom stereocenters. The normalized spacial score (nSPS) is 12.4. The number of aromatic nitrogens is 1. The zero-order chi connectivity index (χ0) is 22.9. The molecule has 4 aromatic rings. The summed E-state index contributed by atoms with van der Waals surface area (Å²) < 4.78 is 16.4. The highest BCUT2D eigenvalue weighted by Crippen LogP contribution is 2.42. The third-order valence-electron chi connectivity index (χ3n) is 6.03. The van der Waals surface area contributed by atoms with Crippen LogP contribution in [0.4, 0.5) is 5.69 Å². The van der Waals surface area contributed by atoms with Crippen LogP contribution >= 0.6 is 0 Å². The third-order valence-corrected chi connectivity index (χ3v) is 6.03. The average Bonchev–Trinajstić information content (AvgIpc) is 3.22. The second-order valence-electron chi connectivity index (χ2n) is 8.05. The van der Waals surface area contributed by atoms with Crippen LogP contribution in [0.1, 0.15) is 21.5 Å². The van der Waals surface area contributed by atoms with Crippen LogP contribution in [0.5, 0.6) is 11.5 Å². The number of methoxy groups -OCH3 is 2. The van der Waals surface area contributed by atoms with Gasteiger partial charge in [-0.1, -0.05) is 18.2 Å². The summed E-state index contributed by atoms with van der Waals surface area (Å²) in [5, 5.41) is 1.89. The Kier molecular flexibility index (Phi) is 5.34. The standard InChI is InChI=1S/C27H24N2O4/c1-29(15-17-5-4-10-28-14-17)21-8-6-18(7-9-21)25-22-13-24(32-3)23(31-2)12-19(22)11-20-16-33-27(30)26(20)25/h4-14H,15-16H2,1-3H3. The molecule has 0 unspecified atom stereocenters. The first-order chi connectivity index (χ1) is 16.1. The van der Waals surface area contributed by atoms with Gasteiger partial charge in [0.05, 0.1) is 19.8 Å². The predicted octanol–water partition coefficient (Wildman–Crippen LogP) is 5.23. The van der Waals surface area contributed by atoms with Crippen LogP contribution < -0.4 is 14.4 Å². The van der Waals surface area contributed by atoms with Crippen LogP contribution in [0.15, 0.2) is 67.0 Å². The second-order valence-corrected chi connectivity index (χ2v) is 8.05. The molecule has 1 aromatic heterocycles. The summed E-state index contributed by atoms with van der Waals surface area (Å²) >= 11 is 0. The molecule has 3 aromatic carbocycles. The zero-order valence-electron chi connectivity index (χ0n) is 18.8. The molecule has 6 heteroatoms. The molecule has 1 aliphatic rings. The summed E-state index contributed by atoms with van der Waals surface area (Å²) in [6.45, 7) is 1.03. The molecule has 0 aliphatic carbocycles. The van der Waals surface area contributed by atoms with Crippen molar-refractivity contribution in [1.82, 2.24) is 4.98 Å². The van der Waals surface area contributed by atoms with E-state index in [0.29, 0.717) is 17.1 Å². The summed E-state index contributed by atoms with van der Waals surface area (Å²) in [5.74, 6) is 0.966. The van der Waals surface area contributed by atoms with Gasteiger partial charge in [-0.05, 0) is 58.3 Å². The predicted molar refractivity (Wildman–Crippen MR) is 128 cm³/mol. The van der Waals surface area contributed by atoms with Crippen molar-refractivity contribution in [2.75, 3.05) is 26.2 Å². The highest BCUT2D eigenvalue weighted by molar-refractivity contribution is 6.11. The fourth-order valence-electron chi connectivity index (χ4n) is 4.39. The number of carbonyl (C=O) groups excluding carboxylic acids is 1. The Hall–Kier alpha value is -4.06. The number of hydrogen-bond donors (Lipinski definition) is 0. The summed E-state index contributed by atoms with van der Waals surface area (Å²) in [7, 11) is 5.27. The van der Waals surface area contributed by atoms with E-state index < -0.39 is 0 Å². The molecule has 0 fully saturated rings. The van der Waals surface area contributed by atoms with E-state index in [1.165, 1.54) is 0 Å². The van der Waals surface area contributed by atoms with Crippen LogP contribution in [0.25, 0.3) is 21.9 Å². The first-order valence-electron chi connectivity index (χ1n) is 10.7. The second kappa shape index (κ2) is 8.47. The molecule has 0 saturated heterocycles. The molecular formula is C27H24N2O4. The Bertz CT molecular complexity index is 1330. The number of rotatable bonds is 6. The number of cyclic esters (lactones) is 1. The van der Waals surface area contributed by atoms with Crippen molar-refractivity contribution in [1.29, 1.82) is 0 Å². The molecule has 0 bridgehead atoms. The summed E-state index contributed by atoms with van der Waals surface area (Å²) in [4.78, 5) is 19.0. The molecule has 0 spiro atoms. The van der Waals surface area contributed by atoms with Crippen LogP contribution in [-0.2, 0) is 17.9 Å². The van der Waals surface area contributed by atoms with Crippen LogP contribution in [0, 0.1) is 0 Å². The maximum absolute atomic E-state index is 12.7. The van der Waals surface area contributed by atoms with Gasteiger partial charge in [0.15, 0.2) is 11.5 Å². The maximum atomic E-state index is 12.7. The minimum atomic E-state index is -0.297. The lowest BCUT2D eigenvalue weighted by atomic mass is 9.90. The van der Waals surface area contributed by atoms with E-state index in [-0.39, 0.29) is 12.6 Å². The highest BCUT2D eigenvalue weighted by atomic mass is 16.5. The van der Waals surface area contributed by atoms with Crippen molar-refractivity contribution < 1.29 is 19.0 Å². The number of nitrogens with zero attached hydrogens (tertiary/aromatic N) is 2. The van der Waals surface area contributed by atoms with Crippen molar-refractivity contribution >= 4 is 22.4 Å². The molecule has 166 valence electrons. The van der Waals surface area contributed by atoms with E-state index >= 15 is 0 Å². The largest absolute Gasteiger partial charge is 0.493 e. The lowest BCUT2D eigenvalue weighted by Crippen LogP contribution is -2.16. The van der Waals surface area contributed by atoms with Gasteiger partial charge in [-0.3, -0.25) is 4.98 Å². The molecule has 5 rings (SSSR count). The van der Waals surface area contributed by atoms with Crippen LogP contribution in [0.2, 0.25) is 0 Å². The number of ether oxygens (including phenoxy) is 3. The molecule has 0 amide bonds. The Morgan fingerprint density at radius 3 is 2.45 bits per heavy atom. The summed E-state index contributed by atoms with van der Waals surface area (Å²) in [5.41, 5.74) is 5.51. The van der Waals surface area contributed by atoms with Gasteiger partial charge >= 0.3 is 5.97 Å². The van der Waals surface area contributed by atoms with Gasteiger partial charge in [0.1, 0.15) is 6.61 Å². The monoisotopic (exact) mass is 440 g/mol. The molecule has 33 heavy (non-hydrogen) atoms. The molecule has 0 saturated carbocycles. The Balaban J connectivity index is 1.60. The van der Waals surface area contributed by atoms with Crippen LogP contribution in [-0.4, -0.2) is 32.2 Å². The number of benzene rings is 3. The van der Waals surface area contributed by atoms with Crippen molar-refractivity contribution in [3.8, 4) is 22.6 Å². The van der Waals surface area contributed by atoms with Crippen LogP contribution in [0.3, 0.4) is 0 Å². The molecule has 2 heterocycles. The SMILES string of the molecule is COc1cc2cc3c(c(-c4ccc(N(C)Cc5cccnc5)cc4)c2cc1OC)C(=O)OC3. The van der Waals surface area contributed by atoms with E-state index in [9.17, 15) is 4.79 Å². The smallest absolute Gasteiger partial charge is 0.339 e. The minimum absolute atomic E-state index is 0.275. The fraction of sp³-hybridized carbons (Fsp3) is 0.185. The topological polar surface area (TPSA) is 60.9 Å². The van der Waals surface area contributed by atoms with Gasteiger partial charge in [0.25, 0.3) is 0 Å². The highest BCUT2D eigenvalue weighted by Gasteiger charge is 2.28. The van der Waals surface area contributed by atoms with Crippen molar-refractivity contribution in [2.45, 2.75) is 13.2 Å². The van der Waals surface area contributed by atoms with Gasteiger partial charge in [0, 0.05) is 42.8 Å². The Labute approximate surface area is 192 Å². The third kappa shape index (κ3) is 3.74. The lowest BCUT2D eigenvalue weighted by Gasteiger charge is -2.20. The number of carbonyl (C=O) groups is 1. The first-order valence-corrected chi connectivity index (χ1v) is 10.7. The lowest BCUT2D eigenvalue weighted by molar-refractivity contribution is 0.0535. The van der Waals surface area contributed by atoms with Crippen molar-refractivity contribution in [3.63, 3.8) is 0 Å². The average molecular weight is 440 g/mol. The number of anilines is 1. The molecule has 0 N–H and O–H groups in total. The van der Waals surface area contributed by atoms with Gasteiger partial charge < -0.3 is 19.1 Å². The Morgan fingerprint density at radius 1 is 1.00 bits per heavy atom. The molecular weight excluding hydrogens is 416 g/mol. The number of hydrogen-bond acceptors (Lipinski definition) is 6. The summed E-state index contributed by atoms with van der Waals surface area (Å²) in [6, 6.07) is 18.1. The van der Waals surface area contributed by atoms with E-state index in [2.05, 4.69) is 28.1 Å². The van der Waals surface area contributed by atoms with E-state index in [0.717, 1.165) is 45.3 Å².